The van der Waals surface area contributed by atoms with Gasteiger partial charge in [-0.05, 0) is 63.9 Å². The molecule has 1 amide bonds. The average Bonchev–Trinajstić information content (AvgIpc) is 3.35. The van der Waals surface area contributed by atoms with Crippen LogP contribution in [0.25, 0.3) is 0 Å². The van der Waals surface area contributed by atoms with Crippen LogP contribution in [-0.4, -0.2) is 74.3 Å². The van der Waals surface area contributed by atoms with Crippen LogP contribution in [0.3, 0.4) is 0 Å². The Labute approximate surface area is 453 Å². The van der Waals surface area contributed by atoms with Gasteiger partial charge in [-0.15, -0.1) is 0 Å². The summed E-state index contributed by atoms with van der Waals surface area (Å²) in [5.41, 5.74) is 0. The van der Waals surface area contributed by atoms with Crippen molar-refractivity contribution in [3.63, 3.8) is 0 Å². The van der Waals surface area contributed by atoms with E-state index in [0.29, 0.717) is 23.9 Å². The van der Waals surface area contributed by atoms with E-state index in [0.717, 1.165) is 64.2 Å². The van der Waals surface area contributed by atoms with Crippen LogP contribution < -0.4 is 5.32 Å². The highest BCUT2D eigenvalue weighted by Gasteiger charge is 2.30. The summed E-state index contributed by atoms with van der Waals surface area (Å²) in [5.74, 6) is -0.494. The normalized spacial score (nSPS) is 13.9. The third-order valence-electron chi connectivity index (χ3n) is 14.1. The summed E-state index contributed by atoms with van der Waals surface area (Å²) in [7, 11) is 1.51. The van der Waals surface area contributed by atoms with Crippen molar-refractivity contribution in [2.45, 2.75) is 315 Å². The quantitative estimate of drug-likeness (QED) is 0.0205. The fourth-order valence-electron chi connectivity index (χ4n) is 9.21. The second-order valence-corrected chi connectivity index (χ2v) is 24.0. The summed E-state index contributed by atoms with van der Waals surface area (Å²) in [6, 6.07) is -0.842. The molecule has 0 fully saturated rings. The van der Waals surface area contributed by atoms with Crippen molar-refractivity contribution in [2.75, 3.05) is 40.9 Å². The largest absolute Gasteiger partial charge is 0.472 e. The number of nitrogens with one attached hydrogen (secondary N) is 1. The number of likely N-dealkylation sites (N-methyl/N-ethyl adjacent to an activating group) is 1. The Bertz CT molecular complexity index is 1350. The van der Waals surface area contributed by atoms with Crippen molar-refractivity contribution in [3.05, 3.63) is 36.5 Å². The van der Waals surface area contributed by atoms with Gasteiger partial charge in [0.2, 0.25) is 5.91 Å². The molecule has 2 N–H and O–H groups in total. The molecular formula is C63H122N2O7P+. The van der Waals surface area contributed by atoms with E-state index >= 15 is 0 Å². The molecule has 0 aromatic carbocycles. The van der Waals surface area contributed by atoms with Crippen LogP contribution in [-0.2, 0) is 27.9 Å². The smallest absolute Gasteiger partial charge is 0.456 e. The lowest BCUT2D eigenvalue weighted by atomic mass is 10.0. The number of phosphoric acid groups is 1. The van der Waals surface area contributed by atoms with Crippen LogP contribution in [0.4, 0.5) is 0 Å². The molecule has 9 nitrogen and oxygen atoms in total. The molecule has 0 heterocycles. The third-order valence-corrected chi connectivity index (χ3v) is 15.1. The lowest BCUT2D eigenvalue weighted by Gasteiger charge is -2.27. The predicted molar refractivity (Wildman–Crippen MR) is 314 cm³/mol. The molecule has 0 radical (unpaired) electrons. The van der Waals surface area contributed by atoms with Gasteiger partial charge in [0.05, 0.1) is 33.8 Å². The Morgan fingerprint density at radius 2 is 0.836 bits per heavy atom. The van der Waals surface area contributed by atoms with Crippen molar-refractivity contribution < 1.29 is 37.3 Å². The molecule has 0 aromatic heterocycles. The van der Waals surface area contributed by atoms with Gasteiger partial charge in [0.25, 0.3) is 0 Å². The lowest BCUT2D eigenvalue weighted by Crippen LogP contribution is -2.47. The lowest BCUT2D eigenvalue weighted by molar-refractivity contribution is -0.870. The van der Waals surface area contributed by atoms with Crippen LogP contribution in [0.1, 0.15) is 303 Å². The Kier molecular flexibility index (Phi) is 52.3. The monoisotopic (exact) mass is 1050 g/mol. The van der Waals surface area contributed by atoms with Gasteiger partial charge in [0.1, 0.15) is 19.3 Å². The fraction of sp³-hybridized carbons (Fsp3) is 0.873. The molecule has 0 saturated carbocycles. The summed E-state index contributed by atoms with van der Waals surface area (Å²) >= 11 is 0. The number of quaternary nitrogens is 1. The Morgan fingerprint density at radius 1 is 0.479 bits per heavy atom. The molecule has 430 valence electrons. The van der Waals surface area contributed by atoms with E-state index < -0.39 is 20.0 Å². The van der Waals surface area contributed by atoms with Crippen LogP contribution in [0.15, 0.2) is 36.5 Å². The number of esters is 1. The molecule has 0 bridgehead atoms. The highest BCUT2D eigenvalue weighted by Crippen LogP contribution is 2.43. The molecule has 3 atom stereocenters. The second kappa shape index (κ2) is 53.6. The number of nitrogens with zero attached hydrogens (tertiary/aromatic N) is 1. The Balaban J connectivity index is 5.00. The van der Waals surface area contributed by atoms with Crippen LogP contribution in [0, 0.1) is 0 Å². The van der Waals surface area contributed by atoms with E-state index in [4.69, 9.17) is 13.8 Å². The molecule has 0 aliphatic rings. The zero-order valence-corrected chi connectivity index (χ0v) is 50.0. The maximum Gasteiger partial charge on any atom is 0.472 e. The van der Waals surface area contributed by atoms with E-state index in [1.165, 1.54) is 205 Å². The predicted octanol–water partition coefficient (Wildman–Crippen LogP) is 19.1. The zero-order valence-electron chi connectivity index (χ0n) is 49.1. The van der Waals surface area contributed by atoms with Crippen molar-refractivity contribution in [2.24, 2.45) is 0 Å². The van der Waals surface area contributed by atoms with Crippen molar-refractivity contribution in [3.8, 4) is 0 Å². The third kappa shape index (κ3) is 54.8. The summed E-state index contributed by atoms with van der Waals surface area (Å²) in [4.78, 5) is 37.6. The number of carbonyl (C=O) groups is 2. The van der Waals surface area contributed by atoms with Crippen LogP contribution in [0.2, 0.25) is 0 Å². The van der Waals surface area contributed by atoms with E-state index in [1.54, 1.807) is 0 Å². The zero-order chi connectivity index (χ0) is 53.6. The van der Waals surface area contributed by atoms with E-state index in [9.17, 15) is 19.0 Å². The highest BCUT2D eigenvalue weighted by molar-refractivity contribution is 7.47. The maximum atomic E-state index is 13.5. The first kappa shape index (κ1) is 71.2. The number of phosphoric ester groups is 1. The Hall–Kier alpha value is -1.77. The van der Waals surface area contributed by atoms with Gasteiger partial charge in [-0.2, -0.15) is 0 Å². The van der Waals surface area contributed by atoms with E-state index in [-0.39, 0.29) is 25.1 Å². The van der Waals surface area contributed by atoms with Crippen molar-refractivity contribution in [1.29, 1.82) is 0 Å². The highest BCUT2D eigenvalue weighted by atomic mass is 31.2. The minimum absolute atomic E-state index is 0.0430. The van der Waals surface area contributed by atoms with Crippen molar-refractivity contribution >= 4 is 19.7 Å². The molecule has 0 aromatic rings. The molecule has 0 spiro atoms. The molecule has 0 saturated heterocycles. The first-order chi connectivity index (χ1) is 35.4. The number of hydrogen-bond donors (Lipinski definition) is 2. The topological polar surface area (TPSA) is 111 Å². The van der Waals surface area contributed by atoms with E-state index in [2.05, 4.69) is 50.4 Å². The molecule has 0 aliphatic heterocycles. The van der Waals surface area contributed by atoms with Crippen LogP contribution in [0.5, 0.6) is 0 Å². The summed E-state index contributed by atoms with van der Waals surface area (Å²) in [6.07, 6.45) is 64.3. The van der Waals surface area contributed by atoms with E-state index in [1.807, 2.05) is 33.3 Å². The number of rotatable bonds is 57. The number of hydrogen-bond acceptors (Lipinski definition) is 6. The first-order valence-electron chi connectivity index (χ1n) is 31.3. The average molecular weight is 1050 g/mol. The Morgan fingerprint density at radius 3 is 1.26 bits per heavy atom. The number of carbonyl (C=O) groups excluding carboxylic acids is 2. The minimum Gasteiger partial charge on any atom is -0.456 e. The molecule has 73 heavy (non-hydrogen) atoms. The SMILES string of the molecule is CCCCC/C=C\C/C=C\CCCCCCCCCCCCCCCCCC(=O)NC(COP(=O)(O)OCC[N+](C)(C)C)C(/C=C\CCCCCCCCCCC)OC(=O)CCCCCCCCCCCCC. The van der Waals surface area contributed by atoms with Gasteiger partial charge in [-0.3, -0.25) is 18.6 Å². The standard InChI is InChI=1S/C63H121N2O7P/c1-7-10-13-16-19-22-25-26-27-28-29-30-31-32-33-34-35-36-37-38-41-43-46-49-52-55-62(66)64-60(59-71-73(68,69)70-58-57-65(4,5)6)61(54-51-48-45-42-39-23-20-17-14-11-8-2)72-63(67)56-53-50-47-44-40-24-21-18-15-12-9-3/h19,22,26-27,51,54,60-61H,7-18,20-21,23-25,28-50,52-53,55-59H2,1-6H3,(H-,64,66,68,69)/p+1/b22-19-,27-26-,54-51-. The number of allylic oxidation sites excluding steroid dienone is 5. The molecule has 0 aliphatic carbocycles. The minimum atomic E-state index is -4.44. The van der Waals surface area contributed by atoms with Gasteiger partial charge >= 0.3 is 13.8 Å². The number of ether oxygens (including phenoxy) is 1. The van der Waals surface area contributed by atoms with Crippen LogP contribution >= 0.6 is 7.82 Å². The van der Waals surface area contributed by atoms with Gasteiger partial charge in [0, 0.05) is 12.8 Å². The van der Waals surface area contributed by atoms with Crippen molar-refractivity contribution in [1.82, 2.24) is 5.32 Å². The van der Waals surface area contributed by atoms with Gasteiger partial charge in [-0.25, -0.2) is 4.57 Å². The first-order valence-corrected chi connectivity index (χ1v) is 32.8. The maximum absolute atomic E-state index is 13.5. The summed E-state index contributed by atoms with van der Waals surface area (Å²) < 4.78 is 30.6. The van der Waals surface area contributed by atoms with Gasteiger partial charge in [-0.1, -0.05) is 263 Å². The fourth-order valence-corrected chi connectivity index (χ4v) is 9.94. The summed E-state index contributed by atoms with van der Waals surface area (Å²) in [5, 5.41) is 3.06. The van der Waals surface area contributed by atoms with Gasteiger partial charge < -0.3 is 19.4 Å². The molecular weight excluding hydrogens is 928 g/mol. The molecule has 10 heteroatoms. The second-order valence-electron chi connectivity index (χ2n) is 22.6. The summed E-state index contributed by atoms with van der Waals surface area (Å²) in [6.45, 7) is 7.00. The number of amides is 1. The number of unbranched alkanes of at least 4 members (excludes halogenated alkanes) is 37. The molecule has 3 unspecified atom stereocenters. The van der Waals surface area contributed by atoms with Gasteiger partial charge in [0.15, 0.2) is 0 Å². The molecule has 0 rings (SSSR count).